The highest BCUT2D eigenvalue weighted by atomic mass is 32.2. The lowest BCUT2D eigenvalue weighted by molar-refractivity contribution is -0.131. The Kier molecular flexibility index (Phi) is 10.7. The predicted octanol–water partition coefficient (Wildman–Crippen LogP) is 1.69. The van der Waals surface area contributed by atoms with E-state index in [-0.39, 0.29) is 36.5 Å². The zero-order valence-electron chi connectivity index (χ0n) is 23.9. The van der Waals surface area contributed by atoms with Gasteiger partial charge in [0.2, 0.25) is 0 Å². The van der Waals surface area contributed by atoms with Crippen molar-refractivity contribution in [1.29, 1.82) is 5.26 Å². The van der Waals surface area contributed by atoms with Crippen LogP contribution < -0.4 is 5.32 Å². The number of likely N-dealkylation sites (tertiary alicyclic amines) is 2. The second kappa shape index (κ2) is 13.5. The fourth-order valence-electron chi connectivity index (χ4n) is 5.13. The minimum absolute atomic E-state index is 0.0279. The molecular formula is C27H37BF2N4O7S. The SMILES string of the molecule is CC(C)(C=C(C#N)C(=O)N1CCCCC1COC(=O)N[C@@H](Cc1ccc(S(C)(=O)=O)cc1)B(O)O)N1CCC(F)(F)C1. The molecule has 2 aliphatic rings. The van der Waals surface area contributed by atoms with Gasteiger partial charge in [-0.15, -0.1) is 0 Å². The van der Waals surface area contributed by atoms with Gasteiger partial charge in [-0.2, -0.15) is 5.26 Å². The highest BCUT2D eigenvalue weighted by Crippen LogP contribution is 2.33. The molecule has 1 aromatic carbocycles. The number of nitrogens with zero attached hydrogens (tertiary/aromatic N) is 3. The highest BCUT2D eigenvalue weighted by molar-refractivity contribution is 7.90. The minimum atomic E-state index is -3.40. The normalized spacial score (nSPS) is 20.5. The number of alkyl halides is 2. The van der Waals surface area contributed by atoms with Crippen molar-refractivity contribution in [3.63, 3.8) is 0 Å². The summed E-state index contributed by atoms with van der Waals surface area (Å²) in [6.45, 7) is 3.12. The molecule has 2 heterocycles. The van der Waals surface area contributed by atoms with Gasteiger partial charge in [-0.1, -0.05) is 12.1 Å². The van der Waals surface area contributed by atoms with E-state index in [0.717, 1.165) is 12.7 Å². The first-order valence-corrected chi connectivity index (χ1v) is 15.6. The zero-order valence-corrected chi connectivity index (χ0v) is 24.7. The lowest BCUT2D eigenvalue weighted by atomic mass is 9.76. The van der Waals surface area contributed by atoms with E-state index in [2.05, 4.69) is 5.32 Å². The fourth-order valence-corrected chi connectivity index (χ4v) is 5.76. The summed E-state index contributed by atoms with van der Waals surface area (Å²) < 4.78 is 56.2. The molecule has 1 aromatic rings. The van der Waals surface area contributed by atoms with Gasteiger partial charge < -0.3 is 25.0 Å². The molecule has 230 valence electrons. The van der Waals surface area contributed by atoms with Gasteiger partial charge in [0.15, 0.2) is 9.84 Å². The van der Waals surface area contributed by atoms with Crippen LogP contribution in [0.3, 0.4) is 0 Å². The van der Waals surface area contributed by atoms with Crippen molar-refractivity contribution in [2.45, 2.75) is 74.3 Å². The summed E-state index contributed by atoms with van der Waals surface area (Å²) in [5, 5.41) is 31.7. The van der Waals surface area contributed by atoms with Crippen molar-refractivity contribution in [3.8, 4) is 6.07 Å². The molecule has 0 radical (unpaired) electrons. The van der Waals surface area contributed by atoms with Crippen molar-refractivity contribution >= 4 is 29.0 Å². The standard InChI is InChI=1S/C27H37BF2N4O7S/c1-26(2,33-13-11-27(29,30)18-33)15-20(16-31)24(35)34-12-5-4-6-21(34)17-41-25(36)32-23(28(37)38)14-19-7-9-22(10-8-19)42(3,39)40/h7-10,15,21,23,37-38H,4-6,11-14,17-18H2,1-3H3,(H,32,36)/t21?,23-/m0/s1. The van der Waals surface area contributed by atoms with Crippen LogP contribution in [0.4, 0.5) is 13.6 Å². The first-order valence-electron chi connectivity index (χ1n) is 13.7. The number of hydrogen-bond acceptors (Lipinski definition) is 9. The van der Waals surface area contributed by atoms with Crippen LogP contribution in [0.15, 0.2) is 40.8 Å². The fraction of sp³-hybridized carbons (Fsp3) is 0.593. The second-order valence-electron chi connectivity index (χ2n) is 11.4. The molecule has 11 nitrogen and oxygen atoms in total. The molecule has 2 saturated heterocycles. The molecule has 2 atom stereocenters. The van der Waals surface area contributed by atoms with E-state index >= 15 is 0 Å². The maximum atomic E-state index is 13.8. The second-order valence-corrected chi connectivity index (χ2v) is 13.4. The molecule has 0 saturated carbocycles. The highest BCUT2D eigenvalue weighted by Gasteiger charge is 2.43. The Balaban J connectivity index is 1.63. The molecule has 0 bridgehead atoms. The number of nitrogens with one attached hydrogen (secondary N) is 1. The van der Waals surface area contributed by atoms with Crippen molar-refractivity contribution in [3.05, 3.63) is 41.5 Å². The third-order valence-electron chi connectivity index (χ3n) is 7.60. The van der Waals surface area contributed by atoms with Gasteiger partial charge in [0.1, 0.15) is 18.2 Å². The summed E-state index contributed by atoms with van der Waals surface area (Å²) >= 11 is 0. The van der Waals surface area contributed by atoms with Crippen molar-refractivity contribution < 1.29 is 41.6 Å². The number of sulfone groups is 1. The number of alkyl carbamates (subject to hydrolysis) is 1. The van der Waals surface area contributed by atoms with Gasteiger partial charge in [-0.3, -0.25) is 9.69 Å². The molecule has 2 fully saturated rings. The Hall–Kier alpha value is -3.06. The first kappa shape index (κ1) is 33.4. The maximum absolute atomic E-state index is 13.8. The average molecular weight is 610 g/mol. The summed E-state index contributed by atoms with van der Waals surface area (Å²) in [7, 11) is -5.35. The maximum Gasteiger partial charge on any atom is 0.475 e. The molecule has 0 spiro atoms. The van der Waals surface area contributed by atoms with Crippen molar-refractivity contribution in [2.24, 2.45) is 0 Å². The smallest absolute Gasteiger partial charge is 0.447 e. The monoisotopic (exact) mass is 610 g/mol. The van der Waals surface area contributed by atoms with Gasteiger partial charge >= 0.3 is 13.2 Å². The number of nitriles is 1. The number of benzene rings is 1. The van der Waals surface area contributed by atoms with E-state index in [1.807, 2.05) is 6.07 Å². The summed E-state index contributed by atoms with van der Waals surface area (Å²) in [4.78, 5) is 29.0. The minimum Gasteiger partial charge on any atom is -0.447 e. The number of ether oxygens (including phenoxy) is 1. The van der Waals surface area contributed by atoms with Gasteiger partial charge in [0.05, 0.1) is 23.4 Å². The van der Waals surface area contributed by atoms with E-state index in [9.17, 15) is 42.1 Å². The largest absolute Gasteiger partial charge is 0.475 e. The van der Waals surface area contributed by atoms with Gasteiger partial charge in [0, 0.05) is 31.3 Å². The van der Waals surface area contributed by atoms with E-state index < -0.39 is 58.9 Å². The lowest BCUT2D eigenvalue weighted by Crippen LogP contribution is -2.50. The lowest BCUT2D eigenvalue weighted by Gasteiger charge is -2.36. The third-order valence-corrected chi connectivity index (χ3v) is 8.73. The third kappa shape index (κ3) is 8.97. The Labute approximate surface area is 245 Å². The number of carbonyl (C=O) groups is 2. The molecule has 2 aliphatic heterocycles. The molecule has 0 aromatic heterocycles. The van der Waals surface area contributed by atoms with E-state index in [1.54, 1.807) is 13.8 Å². The number of carbonyl (C=O) groups excluding carboxylic acids is 2. The zero-order chi connectivity index (χ0) is 31.3. The quantitative estimate of drug-likeness (QED) is 0.204. The van der Waals surface area contributed by atoms with Crippen LogP contribution in [0.5, 0.6) is 0 Å². The van der Waals surface area contributed by atoms with Gasteiger partial charge in [-0.25, -0.2) is 22.0 Å². The molecule has 0 aliphatic carbocycles. The number of hydrogen-bond donors (Lipinski definition) is 3. The molecule has 1 unspecified atom stereocenters. The van der Waals surface area contributed by atoms with Crippen LogP contribution in [0.25, 0.3) is 0 Å². The molecule has 3 rings (SSSR count). The number of rotatable bonds is 10. The van der Waals surface area contributed by atoms with E-state index in [0.29, 0.717) is 24.9 Å². The van der Waals surface area contributed by atoms with Crippen molar-refractivity contribution in [1.82, 2.24) is 15.1 Å². The number of halogens is 2. The summed E-state index contributed by atoms with van der Waals surface area (Å²) in [5.41, 5.74) is -0.605. The van der Waals surface area contributed by atoms with Crippen LogP contribution in [0.1, 0.15) is 45.1 Å². The average Bonchev–Trinajstić information content (AvgIpc) is 3.30. The summed E-state index contributed by atoms with van der Waals surface area (Å²) in [6.07, 6.45) is 3.12. The molecule has 2 amide bonds. The number of piperidine rings is 1. The Morgan fingerprint density at radius 1 is 1.26 bits per heavy atom. The molecule has 42 heavy (non-hydrogen) atoms. The Bertz CT molecular complexity index is 1320. The predicted molar refractivity (Wildman–Crippen MR) is 150 cm³/mol. The number of amides is 2. The van der Waals surface area contributed by atoms with Crippen LogP contribution in [-0.4, -0.2) is 103 Å². The molecule has 15 heteroatoms. The van der Waals surface area contributed by atoms with Gasteiger partial charge in [0.25, 0.3) is 11.8 Å². The van der Waals surface area contributed by atoms with Crippen LogP contribution in [-0.2, 0) is 25.8 Å². The molecular weight excluding hydrogens is 573 g/mol. The van der Waals surface area contributed by atoms with Crippen LogP contribution in [0.2, 0.25) is 0 Å². The Morgan fingerprint density at radius 3 is 2.48 bits per heavy atom. The van der Waals surface area contributed by atoms with Crippen LogP contribution >= 0.6 is 0 Å². The Morgan fingerprint density at radius 2 is 1.93 bits per heavy atom. The van der Waals surface area contributed by atoms with E-state index in [1.165, 1.54) is 40.1 Å². The topological polar surface area (TPSA) is 160 Å². The summed E-state index contributed by atoms with van der Waals surface area (Å²) in [5.74, 6) is -4.57. The summed E-state index contributed by atoms with van der Waals surface area (Å²) in [6, 6.07) is 7.12. The van der Waals surface area contributed by atoms with Crippen LogP contribution in [0, 0.1) is 11.3 Å². The van der Waals surface area contributed by atoms with E-state index in [4.69, 9.17) is 4.74 Å². The first-order chi connectivity index (χ1) is 19.5. The van der Waals surface area contributed by atoms with Gasteiger partial charge in [-0.05, 0) is 63.3 Å². The molecule has 3 N–H and O–H groups in total. The van der Waals surface area contributed by atoms with Crippen molar-refractivity contribution in [2.75, 3.05) is 32.5 Å².